The van der Waals surface area contributed by atoms with Crippen LogP contribution in [0.2, 0.25) is 36.3 Å². The van der Waals surface area contributed by atoms with Crippen LogP contribution in [0.5, 0.6) is 5.75 Å². The van der Waals surface area contributed by atoms with Crippen LogP contribution in [0.1, 0.15) is 72.7 Å². The molecule has 0 bridgehead atoms. The topological polar surface area (TPSA) is 73.9 Å². The quantitative estimate of drug-likeness (QED) is 0.439. The number of ether oxygens (including phenoxy) is 1. The molecule has 1 amide bonds. The van der Waals surface area contributed by atoms with E-state index in [1.165, 1.54) is 0 Å². The third-order valence-electron chi connectivity index (χ3n) is 6.17. The fourth-order valence-electron chi connectivity index (χ4n) is 2.15. The molecule has 0 aliphatic carbocycles. The number of nitrogens with one attached hydrogen (secondary N) is 1. The molecule has 1 N–H and O–H groups in total. The van der Waals surface area contributed by atoms with Crippen LogP contribution < -0.4 is 9.74 Å². The summed E-state index contributed by atoms with van der Waals surface area (Å²) in [5.74, 6) is 0.0492. The minimum atomic E-state index is -2.36. The Bertz CT molecular complexity index is 843. The zero-order valence-corrected chi connectivity index (χ0v) is 24.3. The summed E-state index contributed by atoms with van der Waals surface area (Å²) in [7, 11) is -4.56. The summed E-state index contributed by atoms with van der Waals surface area (Å²) in [6, 6.07) is 5.06. The highest BCUT2D eigenvalue weighted by atomic mass is 28.4. The number of carbonyl (C=O) groups is 2. The van der Waals surface area contributed by atoms with Gasteiger partial charge in [-0.1, -0.05) is 41.5 Å². The highest BCUT2D eigenvalue weighted by Crippen LogP contribution is 2.40. The minimum Gasteiger partial charge on any atom is -0.543 e. The van der Waals surface area contributed by atoms with Crippen molar-refractivity contribution >= 4 is 34.4 Å². The Morgan fingerprint density at radius 1 is 0.812 bits per heavy atom. The average molecular weight is 482 g/mol. The number of benzene rings is 1. The molecule has 0 radical (unpaired) electrons. The van der Waals surface area contributed by atoms with Gasteiger partial charge in [0.2, 0.25) is 0 Å². The van der Waals surface area contributed by atoms with Gasteiger partial charge in [-0.15, -0.1) is 0 Å². The van der Waals surface area contributed by atoms with Gasteiger partial charge in [0.15, 0.2) is 0 Å². The van der Waals surface area contributed by atoms with E-state index in [2.05, 4.69) is 60.0 Å². The molecule has 0 aromatic heterocycles. The predicted octanol–water partition coefficient (Wildman–Crippen LogP) is 7.58. The van der Waals surface area contributed by atoms with Crippen LogP contribution in [0.3, 0.4) is 0 Å². The summed E-state index contributed by atoms with van der Waals surface area (Å²) in [4.78, 5) is 25.6. The fourth-order valence-corrected chi connectivity index (χ4v) is 4.06. The number of rotatable bonds is 5. The van der Waals surface area contributed by atoms with Crippen LogP contribution in [0.4, 0.5) is 10.5 Å². The third-order valence-corrected chi connectivity index (χ3v) is 14.8. The summed E-state index contributed by atoms with van der Waals surface area (Å²) in [6.45, 7) is 26.4. The van der Waals surface area contributed by atoms with Gasteiger partial charge in [0.1, 0.15) is 16.9 Å². The van der Waals surface area contributed by atoms with Crippen molar-refractivity contribution < 1.29 is 23.2 Å². The van der Waals surface area contributed by atoms with Crippen LogP contribution in [-0.2, 0) is 9.16 Å². The lowest BCUT2D eigenvalue weighted by molar-refractivity contribution is 0.0633. The summed E-state index contributed by atoms with van der Waals surface area (Å²) in [5, 5.41) is 2.54. The van der Waals surface area contributed by atoms with Crippen molar-refractivity contribution in [1.29, 1.82) is 0 Å². The van der Waals surface area contributed by atoms with Crippen LogP contribution in [0.25, 0.3) is 0 Å². The molecule has 0 aliphatic rings. The molecule has 0 unspecified atom stereocenters. The number of hydrogen-bond donors (Lipinski definition) is 1. The van der Waals surface area contributed by atoms with E-state index in [9.17, 15) is 9.59 Å². The standard InChI is InChI=1S/C24H43NO5Si2/c1-22(2,3)28-21(27)25-17-14-15-19(29-31(10,11)23(4,5)6)18(16-17)20(26)30-32(12,13)24(7,8)9/h14-16H,1-13H3,(H,25,27). The molecule has 6 nitrogen and oxygen atoms in total. The maximum Gasteiger partial charge on any atom is 0.412 e. The molecule has 0 spiro atoms. The number of hydrogen-bond acceptors (Lipinski definition) is 5. The van der Waals surface area contributed by atoms with E-state index in [0.717, 1.165) is 0 Å². The third kappa shape index (κ3) is 7.65. The molecule has 32 heavy (non-hydrogen) atoms. The molecular weight excluding hydrogens is 438 g/mol. The van der Waals surface area contributed by atoms with Crippen LogP contribution in [-0.4, -0.2) is 34.3 Å². The van der Waals surface area contributed by atoms with Gasteiger partial charge in [-0.3, -0.25) is 5.32 Å². The van der Waals surface area contributed by atoms with Crippen molar-refractivity contribution in [3.63, 3.8) is 0 Å². The van der Waals surface area contributed by atoms with Crippen molar-refractivity contribution in [2.24, 2.45) is 0 Å². The van der Waals surface area contributed by atoms with Crippen molar-refractivity contribution in [3.8, 4) is 5.75 Å². The summed E-state index contributed by atoms with van der Waals surface area (Å²) < 4.78 is 17.9. The largest absolute Gasteiger partial charge is 0.543 e. The van der Waals surface area contributed by atoms with Crippen molar-refractivity contribution in [2.45, 2.75) is 104 Å². The molecule has 0 atom stereocenters. The highest BCUT2D eigenvalue weighted by molar-refractivity contribution is 6.76. The highest BCUT2D eigenvalue weighted by Gasteiger charge is 2.42. The number of carbonyl (C=O) groups excluding carboxylic acids is 2. The molecule has 0 fully saturated rings. The van der Waals surface area contributed by atoms with E-state index in [1.54, 1.807) is 39.0 Å². The van der Waals surface area contributed by atoms with Crippen LogP contribution >= 0.6 is 0 Å². The van der Waals surface area contributed by atoms with Gasteiger partial charge in [-0.25, -0.2) is 9.59 Å². The van der Waals surface area contributed by atoms with E-state index >= 15 is 0 Å². The van der Waals surface area contributed by atoms with E-state index in [-0.39, 0.29) is 10.1 Å². The minimum absolute atomic E-state index is 0.0406. The molecule has 1 aromatic carbocycles. The van der Waals surface area contributed by atoms with Gasteiger partial charge in [0.05, 0.1) is 0 Å². The van der Waals surface area contributed by atoms with Crippen molar-refractivity contribution in [3.05, 3.63) is 23.8 Å². The lowest BCUT2D eigenvalue weighted by atomic mass is 10.2. The van der Waals surface area contributed by atoms with Crippen molar-refractivity contribution in [2.75, 3.05) is 5.32 Å². The molecule has 8 heteroatoms. The van der Waals surface area contributed by atoms with Gasteiger partial charge in [0.25, 0.3) is 16.6 Å². The predicted molar refractivity (Wildman–Crippen MR) is 137 cm³/mol. The first-order valence-electron chi connectivity index (χ1n) is 11.1. The number of amides is 1. The molecule has 0 aliphatic heterocycles. The maximum absolute atomic E-state index is 13.3. The lowest BCUT2D eigenvalue weighted by Crippen LogP contribution is -2.45. The zero-order chi connectivity index (χ0) is 25.3. The Hall–Kier alpha value is -1.81. The van der Waals surface area contributed by atoms with Crippen molar-refractivity contribution in [1.82, 2.24) is 0 Å². The molecular formula is C24H43NO5Si2. The van der Waals surface area contributed by atoms with E-state index in [4.69, 9.17) is 13.6 Å². The Balaban J connectivity index is 3.39. The van der Waals surface area contributed by atoms with E-state index in [0.29, 0.717) is 17.0 Å². The molecule has 1 rings (SSSR count). The van der Waals surface area contributed by atoms with E-state index < -0.39 is 34.3 Å². The van der Waals surface area contributed by atoms with Gasteiger partial charge < -0.3 is 13.6 Å². The summed E-state index contributed by atoms with van der Waals surface area (Å²) >= 11 is 0. The van der Waals surface area contributed by atoms with Gasteiger partial charge in [0, 0.05) is 5.69 Å². The number of anilines is 1. The second kappa shape index (κ2) is 9.21. The van der Waals surface area contributed by atoms with Gasteiger partial charge in [-0.2, -0.15) is 0 Å². The average Bonchev–Trinajstić information content (AvgIpc) is 2.51. The second-order valence-electron chi connectivity index (χ2n) is 12.4. The smallest absolute Gasteiger partial charge is 0.412 e. The van der Waals surface area contributed by atoms with E-state index in [1.807, 2.05) is 13.1 Å². The molecule has 1 aromatic rings. The van der Waals surface area contributed by atoms with Gasteiger partial charge >= 0.3 is 12.1 Å². The first-order chi connectivity index (χ1) is 14.1. The SMILES string of the molecule is CC(C)(C)OC(=O)Nc1ccc(O[Si](C)(C)C(C)(C)C)c(C(=O)O[Si](C)(C)C(C)(C)C)c1. The fraction of sp³-hybridized carbons (Fsp3) is 0.667. The van der Waals surface area contributed by atoms with Gasteiger partial charge in [-0.05, 0) is 75.2 Å². The molecule has 182 valence electrons. The Labute approximate surface area is 196 Å². The molecule has 0 saturated heterocycles. The normalized spacial score (nSPS) is 13.4. The first-order valence-corrected chi connectivity index (χ1v) is 16.9. The Morgan fingerprint density at radius 2 is 1.31 bits per heavy atom. The summed E-state index contributed by atoms with van der Waals surface area (Å²) in [6.07, 6.45) is -0.584. The second-order valence-corrected chi connectivity index (χ2v) is 21.8. The Morgan fingerprint density at radius 3 is 1.75 bits per heavy atom. The first kappa shape index (κ1) is 28.2. The molecule has 0 heterocycles. The van der Waals surface area contributed by atoms with Crippen LogP contribution in [0.15, 0.2) is 18.2 Å². The lowest BCUT2D eigenvalue weighted by Gasteiger charge is -2.38. The summed E-state index contributed by atoms with van der Waals surface area (Å²) in [5.41, 5.74) is 0.136. The monoisotopic (exact) mass is 481 g/mol. The van der Waals surface area contributed by atoms with Crippen LogP contribution in [0, 0.1) is 0 Å². The zero-order valence-electron chi connectivity index (χ0n) is 22.3. The Kier molecular flexibility index (Phi) is 8.12. The molecule has 0 saturated carbocycles. The maximum atomic E-state index is 13.3.